The average molecular weight is 574 g/mol. The van der Waals surface area contributed by atoms with Gasteiger partial charge < -0.3 is 10.2 Å². The van der Waals surface area contributed by atoms with Crippen LogP contribution in [0.15, 0.2) is 78.9 Å². The van der Waals surface area contributed by atoms with Crippen LogP contribution in [-0.4, -0.2) is 50.0 Å². The van der Waals surface area contributed by atoms with Gasteiger partial charge in [0.05, 0.1) is 11.9 Å². The molecule has 0 heterocycles. The lowest BCUT2D eigenvalue weighted by Crippen LogP contribution is -2.54. The summed E-state index contributed by atoms with van der Waals surface area (Å²) in [6.45, 7) is 3.22. The standard InChI is InChI=1S/C29H33ClFN3O4S/c1-4-21(2)32-29(36)27(17-22-9-6-5-7-10-22)33(19-23-13-15-25(31)16-14-23)28(35)20-34(39(3,37)38)26-12-8-11-24(30)18-26/h5-16,18,21,27H,4,17,19-20H2,1-3H3,(H,32,36)/t21-,27-/m0/s1. The molecule has 0 spiro atoms. The highest BCUT2D eigenvalue weighted by molar-refractivity contribution is 7.92. The maximum Gasteiger partial charge on any atom is 0.244 e. The predicted molar refractivity (Wildman–Crippen MR) is 152 cm³/mol. The molecule has 7 nitrogen and oxygen atoms in total. The topological polar surface area (TPSA) is 86.8 Å². The molecule has 0 bridgehead atoms. The summed E-state index contributed by atoms with van der Waals surface area (Å²) in [6.07, 6.45) is 1.89. The van der Waals surface area contributed by atoms with E-state index >= 15 is 0 Å². The fourth-order valence-electron chi connectivity index (χ4n) is 4.03. The molecule has 0 aliphatic heterocycles. The average Bonchev–Trinajstić information content (AvgIpc) is 2.90. The van der Waals surface area contributed by atoms with Gasteiger partial charge in [-0.05, 0) is 54.8 Å². The molecule has 0 aliphatic rings. The van der Waals surface area contributed by atoms with Crippen LogP contribution < -0.4 is 9.62 Å². The van der Waals surface area contributed by atoms with E-state index in [9.17, 15) is 22.4 Å². The van der Waals surface area contributed by atoms with Gasteiger partial charge in [-0.3, -0.25) is 13.9 Å². The molecular weight excluding hydrogens is 541 g/mol. The van der Waals surface area contributed by atoms with Gasteiger partial charge in [-0.2, -0.15) is 0 Å². The fraction of sp³-hybridized carbons (Fsp3) is 0.310. The molecule has 0 unspecified atom stereocenters. The Hall–Kier alpha value is -3.43. The lowest BCUT2D eigenvalue weighted by atomic mass is 10.0. The molecular formula is C29H33ClFN3O4S. The van der Waals surface area contributed by atoms with Crippen LogP contribution in [0.2, 0.25) is 5.02 Å². The number of hydrogen-bond donors (Lipinski definition) is 1. The first-order valence-electron chi connectivity index (χ1n) is 12.6. The van der Waals surface area contributed by atoms with Crippen molar-refractivity contribution in [3.63, 3.8) is 0 Å². The molecule has 39 heavy (non-hydrogen) atoms. The van der Waals surface area contributed by atoms with Gasteiger partial charge in [-0.15, -0.1) is 0 Å². The first kappa shape index (κ1) is 30.1. The zero-order chi connectivity index (χ0) is 28.6. The van der Waals surface area contributed by atoms with Gasteiger partial charge >= 0.3 is 0 Å². The first-order valence-corrected chi connectivity index (χ1v) is 14.8. The van der Waals surface area contributed by atoms with Gasteiger partial charge in [-0.25, -0.2) is 12.8 Å². The molecule has 3 aromatic carbocycles. The SMILES string of the molecule is CC[C@H](C)NC(=O)[C@H](Cc1ccccc1)N(Cc1ccc(F)cc1)C(=O)CN(c1cccc(Cl)c1)S(C)(=O)=O. The first-order chi connectivity index (χ1) is 18.5. The van der Waals surface area contributed by atoms with Crippen LogP contribution in [0.25, 0.3) is 0 Å². The predicted octanol–water partition coefficient (Wildman–Crippen LogP) is 4.80. The molecule has 1 N–H and O–H groups in total. The zero-order valence-corrected chi connectivity index (χ0v) is 23.8. The van der Waals surface area contributed by atoms with Crippen LogP contribution in [-0.2, 0) is 32.6 Å². The molecule has 0 aromatic heterocycles. The van der Waals surface area contributed by atoms with E-state index in [0.29, 0.717) is 17.0 Å². The number of amides is 2. The molecule has 2 amide bonds. The Morgan fingerprint density at radius 3 is 2.23 bits per heavy atom. The van der Waals surface area contributed by atoms with Crippen LogP contribution in [0.5, 0.6) is 0 Å². The van der Waals surface area contributed by atoms with Crippen molar-refractivity contribution in [1.29, 1.82) is 0 Å². The maximum absolute atomic E-state index is 14.0. The van der Waals surface area contributed by atoms with E-state index in [-0.39, 0.29) is 30.6 Å². The highest BCUT2D eigenvalue weighted by atomic mass is 35.5. The van der Waals surface area contributed by atoms with Crippen molar-refractivity contribution in [2.24, 2.45) is 0 Å². The molecule has 0 fully saturated rings. The number of halogens is 2. The van der Waals surface area contributed by atoms with Crippen molar-refractivity contribution < 1.29 is 22.4 Å². The Kier molecular flexibility index (Phi) is 10.5. The summed E-state index contributed by atoms with van der Waals surface area (Å²) in [4.78, 5) is 28.9. The third-order valence-electron chi connectivity index (χ3n) is 6.31. The minimum absolute atomic E-state index is 0.0301. The summed E-state index contributed by atoms with van der Waals surface area (Å²) in [6, 6.07) is 20.0. The molecule has 10 heteroatoms. The molecule has 0 saturated carbocycles. The van der Waals surface area contributed by atoms with Crippen LogP contribution >= 0.6 is 11.6 Å². The minimum atomic E-state index is -3.89. The Morgan fingerprint density at radius 1 is 0.974 bits per heavy atom. The second-order valence-electron chi connectivity index (χ2n) is 9.42. The van der Waals surface area contributed by atoms with Gasteiger partial charge in [0, 0.05) is 24.0 Å². The van der Waals surface area contributed by atoms with Gasteiger partial charge in [0.15, 0.2) is 0 Å². The number of benzene rings is 3. The fourth-order valence-corrected chi connectivity index (χ4v) is 5.05. The van der Waals surface area contributed by atoms with Gasteiger partial charge in [0.25, 0.3) is 0 Å². The number of carbonyl (C=O) groups is 2. The largest absolute Gasteiger partial charge is 0.352 e. The van der Waals surface area contributed by atoms with Gasteiger partial charge in [-0.1, -0.05) is 67.1 Å². The highest BCUT2D eigenvalue weighted by Crippen LogP contribution is 2.23. The third-order valence-corrected chi connectivity index (χ3v) is 7.69. The maximum atomic E-state index is 14.0. The molecule has 0 saturated heterocycles. The van der Waals surface area contributed by atoms with E-state index < -0.39 is 34.3 Å². The highest BCUT2D eigenvalue weighted by Gasteiger charge is 2.33. The number of nitrogens with one attached hydrogen (secondary N) is 1. The van der Waals surface area contributed by atoms with Crippen LogP contribution in [0.3, 0.4) is 0 Å². The molecule has 2 atom stereocenters. The van der Waals surface area contributed by atoms with E-state index in [1.807, 2.05) is 44.2 Å². The number of anilines is 1. The van der Waals surface area contributed by atoms with Crippen LogP contribution in [0.4, 0.5) is 10.1 Å². The molecule has 0 aliphatic carbocycles. The summed E-state index contributed by atoms with van der Waals surface area (Å²) >= 11 is 6.10. The van der Waals surface area contributed by atoms with Crippen molar-refractivity contribution in [3.05, 3.63) is 101 Å². The summed E-state index contributed by atoms with van der Waals surface area (Å²) in [5.41, 5.74) is 1.64. The lowest BCUT2D eigenvalue weighted by molar-refractivity contribution is -0.140. The van der Waals surface area contributed by atoms with E-state index in [4.69, 9.17) is 11.6 Å². The van der Waals surface area contributed by atoms with Crippen molar-refractivity contribution in [1.82, 2.24) is 10.2 Å². The van der Waals surface area contributed by atoms with Crippen molar-refractivity contribution in [2.75, 3.05) is 17.1 Å². The van der Waals surface area contributed by atoms with E-state index in [0.717, 1.165) is 16.1 Å². The van der Waals surface area contributed by atoms with Crippen LogP contribution in [0, 0.1) is 5.82 Å². The summed E-state index contributed by atoms with van der Waals surface area (Å²) in [7, 11) is -3.89. The van der Waals surface area contributed by atoms with Gasteiger partial charge in [0.2, 0.25) is 21.8 Å². The number of carbonyl (C=O) groups excluding carboxylic acids is 2. The molecule has 3 aromatic rings. The van der Waals surface area contributed by atoms with E-state index in [1.165, 1.54) is 35.2 Å². The molecule has 3 rings (SSSR count). The van der Waals surface area contributed by atoms with Crippen molar-refractivity contribution in [3.8, 4) is 0 Å². The Labute approximate surface area is 234 Å². The summed E-state index contributed by atoms with van der Waals surface area (Å²) in [5, 5.41) is 3.27. The van der Waals surface area contributed by atoms with Crippen molar-refractivity contribution >= 4 is 39.1 Å². The van der Waals surface area contributed by atoms with E-state index in [2.05, 4.69) is 5.32 Å². The second-order valence-corrected chi connectivity index (χ2v) is 11.8. The van der Waals surface area contributed by atoms with Gasteiger partial charge in [0.1, 0.15) is 18.4 Å². The summed E-state index contributed by atoms with van der Waals surface area (Å²) in [5.74, 6) is -1.39. The second kappa shape index (κ2) is 13.6. The van der Waals surface area contributed by atoms with E-state index in [1.54, 1.807) is 18.2 Å². The summed E-state index contributed by atoms with van der Waals surface area (Å²) < 4.78 is 40.1. The zero-order valence-electron chi connectivity index (χ0n) is 22.2. The Bertz CT molecular complexity index is 1370. The lowest BCUT2D eigenvalue weighted by Gasteiger charge is -2.34. The number of sulfonamides is 1. The Balaban J connectivity index is 2.05. The third kappa shape index (κ3) is 8.80. The normalized spacial score (nSPS) is 12.8. The molecule has 208 valence electrons. The number of hydrogen-bond acceptors (Lipinski definition) is 4. The Morgan fingerprint density at radius 2 is 1.64 bits per heavy atom. The number of nitrogens with zero attached hydrogens (tertiary/aromatic N) is 2. The van der Waals surface area contributed by atoms with Crippen molar-refractivity contribution in [2.45, 2.75) is 45.3 Å². The molecule has 0 radical (unpaired) electrons. The quantitative estimate of drug-likeness (QED) is 0.337. The smallest absolute Gasteiger partial charge is 0.244 e. The van der Waals surface area contributed by atoms with Crippen LogP contribution in [0.1, 0.15) is 31.4 Å². The number of rotatable bonds is 12. The minimum Gasteiger partial charge on any atom is -0.352 e. The monoisotopic (exact) mass is 573 g/mol.